The fraction of sp³-hybridized carbons (Fsp3) is 0.179. The van der Waals surface area contributed by atoms with Crippen molar-refractivity contribution >= 4 is 17.5 Å². The number of alkyl halides is 2. The van der Waals surface area contributed by atoms with Crippen molar-refractivity contribution in [1.82, 2.24) is 5.16 Å². The van der Waals surface area contributed by atoms with Gasteiger partial charge in [0.1, 0.15) is 5.69 Å². The third-order valence-corrected chi connectivity index (χ3v) is 5.80. The number of anilines is 1. The summed E-state index contributed by atoms with van der Waals surface area (Å²) >= 11 is 0. The molecule has 0 radical (unpaired) electrons. The predicted molar refractivity (Wildman–Crippen MR) is 134 cm³/mol. The van der Waals surface area contributed by atoms with Crippen molar-refractivity contribution in [1.29, 1.82) is 0 Å². The van der Waals surface area contributed by atoms with Crippen LogP contribution in [0.4, 0.5) is 14.5 Å². The van der Waals surface area contributed by atoms with E-state index in [0.29, 0.717) is 33.8 Å². The number of primary amides is 1. The summed E-state index contributed by atoms with van der Waals surface area (Å²) in [4.78, 5) is 22.7. The normalized spacial score (nSPS) is 11.3. The number of nitrogens with two attached hydrogens (primary N) is 1. The van der Waals surface area contributed by atoms with Crippen LogP contribution in [0.5, 0.6) is 0 Å². The van der Waals surface area contributed by atoms with Crippen molar-refractivity contribution in [2.24, 2.45) is 5.73 Å². The maximum absolute atomic E-state index is 14.9. The Balaban J connectivity index is 1.57. The van der Waals surface area contributed by atoms with Crippen LogP contribution in [0.1, 0.15) is 31.7 Å². The van der Waals surface area contributed by atoms with E-state index in [-0.39, 0.29) is 30.7 Å². The highest BCUT2D eigenvalue weighted by atomic mass is 19.3. The van der Waals surface area contributed by atoms with E-state index in [9.17, 15) is 18.4 Å². The number of halogens is 2. The van der Waals surface area contributed by atoms with Gasteiger partial charge in [0.25, 0.3) is 5.92 Å². The van der Waals surface area contributed by atoms with Gasteiger partial charge in [-0.15, -0.1) is 0 Å². The van der Waals surface area contributed by atoms with E-state index in [1.165, 1.54) is 13.0 Å². The largest absolute Gasteiger partial charge is 0.370 e. The lowest BCUT2D eigenvalue weighted by atomic mass is 9.92. The fourth-order valence-corrected chi connectivity index (χ4v) is 3.79. The first-order valence-electron chi connectivity index (χ1n) is 11.5. The number of hydrogen-bond donors (Lipinski definition) is 2. The number of amides is 2. The zero-order valence-corrected chi connectivity index (χ0v) is 19.6. The van der Waals surface area contributed by atoms with Crippen LogP contribution in [0, 0.1) is 0 Å². The molecule has 0 aliphatic rings. The number of benzene rings is 3. The third-order valence-electron chi connectivity index (χ3n) is 5.80. The first kappa shape index (κ1) is 24.8. The van der Waals surface area contributed by atoms with E-state index in [4.69, 9.17) is 10.3 Å². The van der Waals surface area contributed by atoms with E-state index in [0.717, 1.165) is 5.56 Å². The molecule has 0 aliphatic heterocycles. The highest BCUT2D eigenvalue weighted by molar-refractivity contribution is 5.93. The van der Waals surface area contributed by atoms with Gasteiger partial charge in [0.2, 0.25) is 11.8 Å². The standard InChI is InChI=1S/C28H25F2N3O3/c1-2-28(29,30)23-16-20(10-13-22(23)18-6-4-3-5-7-18)24-17-25(36-33-24)19-8-11-21(12-9-19)32-27(35)15-14-26(31)34/h3-13,16-17H,2,14-15H2,1H3,(H2,31,34)(H,32,35). The van der Waals surface area contributed by atoms with Gasteiger partial charge in [0.05, 0.1) is 0 Å². The Bertz CT molecular complexity index is 1370. The quantitative estimate of drug-likeness (QED) is 0.285. The number of hydrogen-bond acceptors (Lipinski definition) is 4. The smallest absolute Gasteiger partial charge is 0.273 e. The monoisotopic (exact) mass is 489 g/mol. The second-order valence-corrected chi connectivity index (χ2v) is 8.35. The molecule has 1 heterocycles. The van der Waals surface area contributed by atoms with Gasteiger partial charge < -0.3 is 15.6 Å². The summed E-state index contributed by atoms with van der Waals surface area (Å²) in [6, 6.07) is 22.6. The minimum absolute atomic E-state index is 0.00464. The molecule has 4 rings (SSSR count). The van der Waals surface area contributed by atoms with Gasteiger partial charge in [-0.05, 0) is 41.5 Å². The second kappa shape index (κ2) is 10.5. The van der Waals surface area contributed by atoms with Gasteiger partial charge in [0, 0.05) is 47.7 Å². The Morgan fingerprint density at radius 1 is 0.917 bits per heavy atom. The van der Waals surface area contributed by atoms with Crippen molar-refractivity contribution in [3.05, 3.63) is 84.4 Å². The summed E-state index contributed by atoms with van der Waals surface area (Å²) in [7, 11) is 0. The lowest BCUT2D eigenvalue weighted by Crippen LogP contribution is -2.17. The van der Waals surface area contributed by atoms with Gasteiger partial charge >= 0.3 is 0 Å². The van der Waals surface area contributed by atoms with Crippen molar-refractivity contribution in [3.8, 4) is 33.7 Å². The minimum Gasteiger partial charge on any atom is -0.370 e. The minimum atomic E-state index is -3.01. The number of nitrogens with one attached hydrogen (secondary N) is 1. The highest BCUT2D eigenvalue weighted by Gasteiger charge is 2.32. The molecular weight excluding hydrogens is 464 g/mol. The molecule has 0 bridgehead atoms. The number of carbonyl (C=O) groups is 2. The van der Waals surface area contributed by atoms with Crippen molar-refractivity contribution in [2.75, 3.05) is 5.32 Å². The molecule has 0 unspecified atom stereocenters. The van der Waals surface area contributed by atoms with E-state index < -0.39 is 11.8 Å². The first-order chi connectivity index (χ1) is 17.3. The number of carbonyl (C=O) groups excluding carboxylic acids is 2. The highest BCUT2D eigenvalue weighted by Crippen LogP contribution is 2.40. The summed E-state index contributed by atoms with van der Waals surface area (Å²) < 4.78 is 35.3. The summed E-state index contributed by atoms with van der Waals surface area (Å²) in [6.45, 7) is 1.46. The molecule has 0 saturated carbocycles. The summed E-state index contributed by atoms with van der Waals surface area (Å²) in [5.41, 5.74) is 8.39. The van der Waals surface area contributed by atoms with E-state index in [1.807, 2.05) is 30.3 Å². The molecule has 0 fully saturated rings. The van der Waals surface area contributed by atoms with Crippen molar-refractivity contribution < 1.29 is 22.9 Å². The molecular formula is C28H25F2N3O3. The lowest BCUT2D eigenvalue weighted by molar-refractivity contribution is -0.122. The molecule has 1 aromatic heterocycles. The third kappa shape index (κ3) is 5.66. The van der Waals surface area contributed by atoms with Gasteiger partial charge in [-0.2, -0.15) is 0 Å². The molecule has 0 aliphatic carbocycles. The molecule has 3 N–H and O–H groups in total. The maximum atomic E-state index is 14.9. The Kier molecular flexibility index (Phi) is 7.24. The van der Waals surface area contributed by atoms with Crippen LogP contribution in [0.2, 0.25) is 0 Å². The Labute approximate surface area is 207 Å². The SMILES string of the molecule is CCC(F)(F)c1cc(-c2cc(-c3ccc(NC(=O)CCC(N)=O)cc3)on2)ccc1-c1ccccc1. The van der Waals surface area contributed by atoms with Gasteiger partial charge in [0.15, 0.2) is 5.76 Å². The van der Waals surface area contributed by atoms with Crippen molar-refractivity contribution in [2.45, 2.75) is 32.1 Å². The predicted octanol–water partition coefficient (Wildman–Crippen LogP) is 6.38. The van der Waals surface area contributed by atoms with Crippen LogP contribution < -0.4 is 11.1 Å². The average Bonchev–Trinajstić information content (AvgIpc) is 3.38. The van der Waals surface area contributed by atoms with Crippen LogP contribution in [0.15, 0.2) is 83.4 Å². The Morgan fingerprint density at radius 2 is 1.61 bits per heavy atom. The first-order valence-corrected chi connectivity index (χ1v) is 11.5. The van der Waals surface area contributed by atoms with Gasteiger partial charge in [-0.3, -0.25) is 9.59 Å². The lowest BCUT2D eigenvalue weighted by Gasteiger charge is -2.19. The van der Waals surface area contributed by atoms with Crippen molar-refractivity contribution in [3.63, 3.8) is 0 Å². The molecule has 4 aromatic rings. The van der Waals surface area contributed by atoms with E-state index in [1.54, 1.807) is 42.5 Å². The van der Waals surface area contributed by atoms with Gasteiger partial charge in [-0.25, -0.2) is 8.78 Å². The molecule has 6 nitrogen and oxygen atoms in total. The molecule has 8 heteroatoms. The Hall–Kier alpha value is -4.33. The summed E-state index contributed by atoms with van der Waals surface area (Å²) in [6.07, 6.45) is -0.348. The number of aromatic nitrogens is 1. The number of rotatable bonds is 9. The molecule has 0 saturated heterocycles. The van der Waals surface area contributed by atoms with E-state index in [2.05, 4.69) is 10.5 Å². The molecule has 184 valence electrons. The maximum Gasteiger partial charge on any atom is 0.273 e. The van der Waals surface area contributed by atoms with Crippen LogP contribution >= 0.6 is 0 Å². The topological polar surface area (TPSA) is 98.2 Å². The zero-order valence-electron chi connectivity index (χ0n) is 19.6. The molecule has 36 heavy (non-hydrogen) atoms. The number of nitrogens with zero attached hydrogens (tertiary/aromatic N) is 1. The molecule has 3 aromatic carbocycles. The molecule has 0 spiro atoms. The van der Waals surface area contributed by atoms with Crippen LogP contribution in [-0.2, 0) is 15.5 Å². The zero-order chi connectivity index (χ0) is 25.7. The molecule has 0 atom stereocenters. The van der Waals surface area contributed by atoms with Gasteiger partial charge in [-0.1, -0.05) is 54.5 Å². The summed E-state index contributed by atoms with van der Waals surface area (Å²) in [5.74, 6) is -3.41. The average molecular weight is 490 g/mol. The fourth-order valence-electron chi connectivity index (χ4n) is 3.79. The van der Waals surface area contributed by atoms with Crippen LogP contribution in [0.25, 0.3) is 33.7 Å². The molecule has 2 amide bonds. The van der Waals surface area contributed by atoms with E-state index >= 15 is 0 Å². The Morgan fingerprint density at radius 3 is 2.28 bits per heavy atom. The second-order valence-electron chi connectivity index (χ2n) is 8.35. The van der Waals surface area contributed by atoms with Crippen LogP contribution in [-0.4, -0.2) is 17.0 Å². The van der Waals surface area contributed by atoms with Crippen LogP contribution in [0.3, 0.4) is 0 Å². The summed E-state index contributed by atoms with van der Waals surface area (Å²) in [5, 5.41) is 6.78.